The maximum absolute atomic E-state index is 11.3. The van der Waals surface area contributed by atoms with E-state index in [1.165, 1.54) is 4.90 Å². The van der Waals surface area contributed by atoms with E-state index in [4.69, 9.17) is 5.73 Å². The third-order valence-corrected chi connectivity index (χ3v) is 3.11. The van der Waals surface area contributed by atoms with Crippen molar-refractivity contribution >= 4 is 12.0 Å². The Morgan fingerprint density at radius 2 is 1.88 bits per heavy atom. The van der Waals surface area contributed by atoms with Crippen LogP contribution in [0.5, 0.6) is 0 Å². The van der Waals surface area contributed by atoms with E-state index in [1.807, 2.05) is 20.8 Å². The van der Waals surface area contributed by atoms with E-state index < -0.39 is 17.5 Å². The van der Waals surface area contributed by atoms with Crippen LogP contribution in [0.2, 0.25) is 0 Å². The van der Waals surface area contributed by atoms with Gasteiger partial charge in [-0.2, -0.15) is 0 Å². The van der Waals surface area contributed by atoms with Crippen molar-refractivity contribution in [2.75, 3.05) is 0 Å². The van der Waals surface area contributed by atoms with E-state index in [-0.39, 0.29) is 12.0 Å². The molecule has 0 radical (unpaired) electrons. The van der Waals surface area contributed by atoms with Gasteiger partial charge in [0.1, 0.15) is 0 Å². The van der Waals surface area contributed by atoms with E-state index in [0.717, 1.165) is 12.8 Å². The Balaban J connectivity index is 2.95. The minimum atomic E-state index is -0.981. The van der Waals surface area contributed by atoms with Crippen molar-refractivity contribution in [3.8, 4) is 0 Å². The van der Waals surface area contributed by atoms with Crippen LogP contribution in [0.1, 0.15) is 40.0 Å². The summed E-state index contributed by atoms with van der Waals surface area (Å²) in [6, 6.07) is -0.269. The summed E-state index contributed by atoms with van der Waals surface area (Å²) in [5, 5.41) is 9.24. The summed E-state index contributed by atoms with van der Waals surface area (Å²) in [7, 11) is 0. The Morgan fingerprint density at radius 1 is 1.31 bits per heavy atom. The maximum atomic E-state index is 11.3. The van der Waals surface area contributed by atoms with Crippen LogP contribution in [-0.2, 0) is 4.79 Å². The molecule has 0 spiro atoms. The second-order valence-corrected chi connectivity index (χ2v) is 5.33. The molecule has 0 bridgehead atoms. The molecule has 0 heterocycles. The molecule has 3 N–H and O–H groups in total. The Hall–Kier alpha value is -1.26. The highest BCUT2D eigenvalue weighted by Crippen LogP contribution is 2.33. The Labute approximate surface area is 95.6 Å². The summed E-state index contributed by atoms with van der Waals surface area (Å²) < 4.78 is 0. The fourth-order valence-electron chi connectivity index (χ4n) is 2.51. The monoisotopic (exact) mass is 228 g/mol. The largest absolute Gasteiger partial charge is 0.465 e. The lowest BCUT2D eigenvalue weighted by Gasteiger charge is -2.39. The van der Waals surface area contributed by atoms with Crippen LogP contribution in [0.25, 0.3) is 0 Å². The van der Waals surface area contributed by atoms with Crippen molar-refractivity contribution in [1.29, 1.82) is 0 Å². The molecule has 0 unspecified atom stereocenters. The van der Waals surface area contributed by atoms with Crippen molar-refractivity contribution in [3.05, 3.63) is 0 Å². The number of nitrogens with two attached hydrogens (primary N) is 1. The summed E-state index contributed by atoms with van der Waals surface area (Å²) in [5.74, 6) is -0.728. The van der Waals surface area contributed by atoms with Gasteiger partial charge in [0.2, 0.25) is 5.91 Å². The fourth-order valence-corrected chi connectivity index (χ4v) is 2.51. The number of carboxylic acid groups (broad SMARTS) is 1. The van der Waals surface area contributed by atoms with Crippen LogP contribution in [0, 0.1) is 5.92 Å². The first-order chi connectivity index (χ1) is 7.25. The first-order valence-corrected chi connectivity index (χ1v) is 5.56. The van der Waals surface area contributed by atoms with Crippen LogP contribution in [0.4, 0.5) is 4.79 Å². The van der Waals surface area contributed by atoms with Crippen molar-refractivity contribution in [1.82, 2.24) is 4.90 Å². The van der Waals surface area contributed by atoms with E-state index >= 15 is 0 Å². The van der Waals surface area contributed by atoms with Gasteiger partial charge < -0.3 is 10.8 Å². The highest BCUT2D eigenvalue weighted by molar-refractivity contribution is 5.79. The standard InChI is InChI=1S/C11H20N2O3/c1-11(2,3)13(10(15)16)8-6-4-5-7(8)9(12)14/h7-8H,4-6H2,1-3H3,(H2,12,14)(H,15,16)/t7-,8+/m1/s1. The minimum absolute atomic E-state index is 0.269. The molecule has 5 heteroatoms. The molecule has 1 aliphatic rings. The molecule has 1 rings (SSSR count). The van der Waals surface area contributed by atoms with Gasteiger partial charge in [-0.1, -0.05) is 6.42 Å². The van der Waals surface area contributed by atoms with E-state index in [9.17, 15) is 14.7 Å². The number of carbonyl (C=O) groups is 2. The number of amides is 2. The normalized spacial score (nSPS) is 25.4. The van der Waals surface area contributed by atoms with Gasteiger partial charge in [-0.05, 0) is 33.6 Å². The van der Waals surface area contributed by atoms with Gasteiger partial charge in [0.15, 0.2) is 0 Å². The molecule has 0 aromatic carbocycles. The Morgan fingerprint density at radius 3 is 2.25 bits per heavy atom. The fraction of sp³-hybridized carbons (Fsp3) is 0.818. The molecule has 0 aromatic rings. The van der Waals surface area contributed by atoms with Crippen molar-refractivity contribution in [2.45, 2.75) is 51.6 Å². The van der Waals surface area contributed by atoms with E-state index in [0.29, 0.717) is 6.42 Å². The van der Waals surface area contributed by atoms with Gasteiger partial charge in [0.25, 0.3) is 0 Å². The number of carbonyl (C=O) groups excluding carboxylic acids is 1. The second kappa shape index (κ2) is 4.31. The average molecular weight is 228 g/mol. The SMILES string of the molecule is CC(C)(C)N(C(=O)O)[C@H]1CCC[C@H]1C(N)=O. The molecule has 1 aliphatic carbocycles. The predicted octanol–water partition coefficient (Wildman–Crippen LogP) is 1.42. The Kier molecular flexibility index (Phi) is 3.45. The summed E-state index contributed by atoms with van der Waals surface area (Å²) in [6.07, 6.45) is 1.29. The van der Waals surface area contributed by atoms with Gasteiger partial charge in [-0.15, -0.1) is 0 Å². The number of hydrogen-bond donors (Lipinski definition) is 2. The van der Waals surface area contributed by atoms with Crippen LogP contribution in [-0.4, -0.2) is 33.6 Å². The Bertz CT molecular complexity index is 296. The minimum Gasteiger partial charge on any atom is -0.465 e. The van der Waals surface area contributed by atoms with Crippen LogP contribution in [0.3, 0.4) is 0 Å². The molecule has 16 heavy (non-hydrogen) atoms. The smallest absolute Gasteiger partial charge is 0.408 e. The van der Waals surface area contributed by atoms with Crippen molar-refractivity contribution < 1.29 is 14.7 Å². The van der Waals surface area contributed by atoms with Gasteiger partial charge in [0, 0.05) is 11.6 Å². The number of nitrogens with zero attached hydrogens (tertiary/aromatic N) is 1. The molecular weight excluding hydrogens is 208 g/mol. The first kappa shape index (κ1) is 12.8. The zero-order valence-electron chi connectivity index (χ0n) is 10.1. The maximum Gasteiger partial charge on any atom is 0.408 e. The van der Waals surface area contributed by atoms with Crippen LogP contribution >= 0.6 is 0 Å². The molecule has 1 fully saturated rings. The van der Waals surface area contributed by atoms with E-state index in [1.54, 1.807) is 0 Å². The molecule has 5 nitrogen and oxygen atoms in total. The average Bonchev–Trinajstić information content (AvgIpc) is 2.48. The lowest BCUT2D eigenvalue weighted by atomic mass is 9.96. The second-order valence-electron chi connectivity index (χ2n) is 5.33. The van der Waals surface area contributed by atoms with Gasteiger partial charge >= 0.3 is 6.09 Å². The van der Waals surface area contributed by atoms with E-state index in [2.05, 4.69) is 0 Å². The summed E-state index contributed by atoms with van der Waals surface area (Å²) in [6.45, 7) is 5.49. The third kappa shape index (κ3) is 2.46. The summed E-state index contributed by atoms with van der Waals surface area (Å²) in [5.41, 5.74) is 4.81. The zero-order valence-corrected chi connectivity index (χ0v) is 10.1. The third-order valence-electron chi connectivity index (χ3n) is 3.11. The molecule has 2 atom stereocenters. The van der Waals surface area contributed by atoms with Gasteiger partial charge in [0.05, 0.1) is 5.92 Å². The topological polar surface area (TPSA) is 83.6 Å². The van der Waals surface area contributed by atoms with Crippen LogP contribution < -0.4 is 5.73 Å². The zero-order chi connectivity index (χ0) is 12.5. The van der Waals surface area contributed by atoms with Crippen molar-refractivity contribution in [3.63, 3.8) is 0 Å². The predicted molar refractivity (Wildman–Crippen MR) is 59.9 cm³/mol. The molecule has 92 valence electrons. The highest BCUT2D eigenvalue weighted by atomic mass is 16.4. The molecule has 2 amide bonds. The molecule has 0 aromatic heterocycles. The molecule has 1 saturated carbocycles. The lowest BCUT2D eigenvalue weighted by molar-refractivity contribution is -0.123. The number of rotatable bonds is 2. The lowest BCUT2D eigenvalue weighted by Crippen LogP contribution is -2.54. The van der Waals surface area contributed by atoms with Crippen LogP contribution in [0.15, 0.2) is 0 Å². The van der Waals surface area contributed by atoms with Gasteiger partial charge in [-0.25, -0.2) is 4.79 Å². The summed E-state index contributed by atoms with van der Waals surface area (Å²) >= 11 is 0. The van der Waals surface area contributed by atoms with Gasteiger partial charge in [-0.3, -0.25) is 9.69 Å². The quantitative estimate of drug-likeness (QED) is 0.749. The molecular formula is C11H20N2O3. The number of hydrogen-bond acceptors (Lipinski definition) is 2. The van der Waals surface area contributed by atoms with Crippen molar-refractivity contribution in [2.24, 2.45) is 11.7 Å². The highest BCUT2D eigenvalue weighted by Gasteiger charge is 2.42. The molecule has 0 aliphatic heterocycles. The molecule has 0 saturated heterocycles. The number of primary amides is 1. The summed E-state index contributed by atoms with van der Waals surface area (Å²) in [4.78, 5) is 23.9. The first-order valence-electron chi connectivity index (χ1n) is 5.56.